The summed E-state index contributed by atoms with van der Waals surface area (Å²) in [5.74, 6) is -1.47. The fourth-order valence-electron chi connectivity index (χ4n) is 0.399. The van der Waals surface area contributed by atoms with E-state index in [2.05, 4.69) is 0 Å². The number of alkyl halides is 6. The van der Waals surface area contributed by atoms with E-state index in [1.807, 2.05) is 0 Å². The van der Waals surface area contributed by atoms with Crippen molar-refractivity contribution in [2.45, 2.75) is 21.9 Å². The molecule has 0 aromatic rings. The lowest BCUT2D eigenvalue weighted by Gasteiger charge is -2.21. The molecule has 0 saturated heterocycles. The van der Waals surface area contributed by atoms with E-state index in [-0.39, 0.29) is 0 Å². The van der Waals surface area contributed by atoms with Crippen LogP contribution in [0, 0.1) is 5.92 Å². The highest BCUT2D eigenvalue weighted by Gasteiger charge is 2.42. The SMILES string of the molecule is CC(C(I)C(Cl)Cl)C(F)(F)F. The van der Waals surface area contributed by atoms with Crippen LogP contribution >= 0.6 is 45.8 Å². The minimum absolute atomic E-state index is 0.795. The molecule has 0 aliphatic heterocycles. The Morgan fingerprint density at radius 2 is 1.64 bits per heavy atom. The van der Waals surface area contributed by atoms with Crippen molar-refractivity contribution in [3.8, 4) is 0 Å². The van der Waals surface area contributed by atoms with Crippen molar-refractivity contribution >= 4 is 45.8 Å². The van der Waals surface area contributed by atoms with Crippen LogP contribution in [-0.4, -0.2) is 14.9 Å². The monoisotopic (exact) mass is 320 g/mol. The van der Waals surface area contributed by atoms with Gasteiger partial charge in [0.1, 0.15) is 4.84 Å². The van der Waals surface area contributed by atoms with Gasteiger partial charge in [0.05, 0.1) is 9.84 Å². The van der Waals surface area contributed by atoms with Crippen molar-refractivity contribution in [2.75, 3.05) is 0 Å². The molecule has 0 saturated carbocycles. The predicted octanol–water partition coefficient (Wildman–Crippen LogP) is 3.79. The van der Waals surface area contributed by atoms with Crippen LogP contribution in [0.15, 0.2) is 0 Å². The Balaban J connectivity index is 4.13. The van der Waals surface area contributed by atoms with Crippen molar-refractivity contribution in [1.82, 2.24) is 0 Å². The summed E-state index contributed by atoms with van der Waals surface area (Å²) in [7, 11) is 0. The van der Waals surface area contributed by atoms with Gasteiger partial charge >= 0.3 is 6.18 Å². The number of hydrogen-bond donors (Lipinski definition) is 0. The normalized spacial score (nSPS) is 18.5. The highest BCUT2D eigenvalue weighted by Crippen LogP contribution is 2.35. The molecule has 0 fully saturated rings. The lowest BCUT2D eigenvalue weighted by molar-refractivity contribution is -0.167. The fourth-order valence-corrected chi connectivity index (χ4v) is 1.24. The molecule has 0 spiro atoms. The average molecular weight is 321 g/mol. The Bertz CT molecular complexity index is 125. The minimum Gasteiger partial charge on any atom is -0.171 e. The molecule has 0 heterocycles. The first-order valence-electron chi connectivity index (χ1n) is 2.75. The fraction of sp³-hybridized carbons (Fsp3) is 1.00. The van der Waals surface area contributed by atoms with Gasteiger partial charge in [-0.1, -0.05) is 29.5 Å². The third-order valence-electron chi connectivity index (χ3n) is 1.23. The maximum absolute atomic E-state index is 11.9. The molecular weight excluding hydrogens is 315 g/mol. The van der Waals surface area contributed by atoms with Crippen LogP contribution in [0.2, 0.25) is 0 Å². The summed E-state index contributed by atoms with van der Waals surface area (Å²) in [6.07, 6.45) is -4.21. The predicted molar refractivity (Wildman–Crippen MR) is 48.5 cm³/mol. The standard InChI is InChI=1S/C5H6Cl2F3I/c1-2(5(8,9)10)3(11)4(6)7/h2-4H,1H3. The van der Waals surface area contributed by atoms with Crippen molar-refractivity contribution in [1.29, 1.82) is 0 Å². The van der Waals surface area contributed by atoms with Crippen LogP contribution in [0.5, 0.6) is 0 Å². The zero-order valence-corrected chi connectivity index (χ0v) is 9.17. The van der Waals surface area contributed by atoms with Crippen LogP contribution in [0.4, 0.5) is 13.2 Å². The second-order valence-corrected chi connectivity index (χ2v) is 4.71. The Morgan fingerprint density at radius 1 is 1.27 bits per heavy atom. The van der Waals surface area contributed by atoms with Crippen molar-refractivity contribution in [3.63, 3.8) is 0 Å². The molecule has 6 heteroatoms. The third kappa shape index (κ3) is 4.03. The van der Waals surface area contributed by atoms with E-state index in [4.69, 9.17) is 23.2 Å². The molecule has 0 rings (SSSR count). The molecule has 0 aromatic carbocycles. The molecular formula is C5H6Cl2F3I. The summed E-state index contributed by atoms with van der Waals surface area (Å²) < 4.78 is 35.0. The number of hydrogen-bond acceptors (Lipinski definition) is 0. The largest absolute Gasteiger partial charge is 0.392 e. The summed E-state index contributed by atoms with van der Waals surface area (Å²) in [5.41, 5.74) is 0. The molecule has 0 aromatic heterocycles. The van der Waals surface area contributed by atoms with Crippen molar-refractivity contribution in [2.24, 2.45) is 5.92 Å². The maximum atomic E-state index is 11.9. The second-order valence-electron chi connectivity index (χ2n) is 2.11. The van der Waals surface area contributed by atoms with Gasteiger partial charge in [0.15, 0.2) is 0 Å². The molecule has 0 amide bonds. The first-order valence-corrected chi connectivity index (χ1v) is 4.87. The topological polar surface area (TPSA) is 0 Å². The zero-order valence-electron chi connectivity index (χ0n) is 5.50. The highest BCUT2D eigenvalue weighted by molar-refractivity contribution is 14.1. The Labute approximate surface area is 86.6 Å². The van der Waals surface area contributed by atoms with Gasteiger partial charge in [-0.05, 0) is 0 Å². The Hall–Kier alpha value is 1.10. The maximum Gasteiger partial charge on any atom is 0.392 e. The van der Waals surface area contributed by atoms with E-state index >= 15 is 0 Å². The van der Waals surface area contributed by atoms with E-state index in [0.717, 1.165) is 6.92 Å². The van der Waals surface area contributed by atoms with E-state index in [1.165, 1.54) is 0 Å². The first kappa shape index (κ1) is 12.1. The summed E-state index contributed by atoms with van der Waals surface area (Å²) >= 11 is 12.2. The number of halogens is 6. The van der Waals surface area contributed by atoms with Crippen LogP contribution < -0.4 is 0 Å². The smallest absolute Gasteiger partial charge is 0.171 e. The first-order chi connectivity index (χ1) is 4.76. The van der Waals surface area contributed by atoms with E-state index < -0.39 is 20.9 Å². The molecule has 2 atom stereocenters. The lowest BCUT2D eigenvalue weighted by atomic mass is 10.1. The quantitative estimate of drug-likeness (QED) is 0.536. The Kier molecular flexibility index (Phi) is 4.81. The molecule has 2 unspecified atom stereocenters. The molecule has 0 aliphatic carbocycles. The second kappa shape index (κ2) is 4.37. The summed E-state index contributed by atoms with van der Waals surface area (Å²) in [6.45, 7) is 1.06. The average Bonchev–Trinajstić information content (AvgIpc) is 1.82. The molecule has 0 nitrogen and oxygen atoms in total. The Morgan fingerprint density at radius 3 is 1.73 bits per heavy atom. The van der Waals surface area contributed by atoms with Gasteiger partial charge in [-0.3, -0.25) is 0 Å². The minimum atomic E-state index is -4.21. The van der Waals surface area contributed by atoms with Crippen LogP contribution in [-0.2, 0) is 0 Å². The van der Waals surface area contributed by atoms with Gasteiger partial charge in [0.2, 0.25) is 0 Å². The van der Waals surface area contributed by atoms with Crippen LogP contribution in [0.3, 0.4) is 0 Å². The summed E-state index contributed by atoms with van der Waals surface area (Å²) in [5, 5.41) is 0. The van der Waals surface area contributed by atoms with E-state index in [1.54, 1.807) is 22.6 Å². The molecule has 0 bridgehead atoms. The highest BCUT2D eigenvalue weighted by atomic mass is 127. The van der Waals surface area contributed by atoms with E-state index in [0.29, 0.717) is 0 Å². The van der Waals surface area contributed by atoms with Gasteiger partial charge in [-0.15, -0.1) is 23.2 Å². The third-order valence-corrected chi connectivity index (χ3v) is 4.43. The van der Waals surface area contributed by atoms with Crippen LogP contribution in [0.25, 0.3) is 0 Å². The van der Waals surface area contributed by atoms with Gasteiger partial charge in [0, 0.05) is 0 Å². The summed E-state index contributed by atoms with van der Waals surface area (Å²) in [4.78, 5) is -0.979. The number of rotatable bonds is 2. The summed E-state index contributed by atoms with van der Waals surface area (Å²) in [6, 6.07) is 0. The molecule has 11 heavy (non-hydrogen) atoms. The van der Waals surface area contributed by atoms with Gasteiger partial charge in [0.25, 0.3) is 0 Å². The van der Waals surface area contributed by atoms with Gasteiger partial charge in [-0.25, -0.2) is 0 Å². The van der Waals surface area contributed by atoms with Gasteiger partial charge < -0.3 is 0 Å². The lowest BCUT2D eigenvalue weighted by Crippen LogP contribution is -2.31. The van der Waals surface area contributed by atoms with Crippen molar-refractivity contribution < 1.29 is 13.2 Å². The van der Waals surface area contributed by atoms with Gasteiger partial charge in [-0.2, -0.15) is 13.2 Å². The van der Waals surface area contributed by atoms with Crippen LogP contribution in [0.1, 0.15) is 6.92 Å². The molecule has 0 aliphatic rings. The zero-order chi connectivity index (χ0) is 9.23. The van der Waals surface area contributed by atoms with E-state index in [9.17, 15) is 13.2 Å². The molecule has 0 N–H and O–H groups in total. The molecule has 0 radical (unpaired) electrons. The molecule has 68 valence electrons. The van der Waals surface area contributed by atoms with Crippen molar-refractivity contribution in [3.05, 3.63) is 0 Å².